The zero-order chi connectivity index (χ0) is 15.4. The number of thiazole rings is 1. The van der Waals surface area contributed by atoms with Crippen LogP contribution in [-0.2, 0) is 4.74 Å². The van der Waals surface area contributed by atoms with Crippen LogP contribution < -0.4 is 21.7 Å². The molecule has 0 radical (unpaired) electrons. The van der Waals surface area contributed by atoms with E-state index in [0.717, 1.165) is 19.5 Å². The van der Waals surface area contributed by atoms with Crippen molar-refractivity contribution in [2.75, 3.05) is 44.0 Å². The number of nitrogens with zero attached hydrogens (tertiary/aromatic N) is 2. The fraction of sp³-hybridized carbons (Fsp3) is 0.667. The van der Waals surface area contributed by atoms with Gasteiger partial charge in [-0.15, -0.1) is 0 Å². The number of aliphatic hydroxyl groups is 1. The quantitative estimate of drug-likeness (QED) is 0.530. The van der Waals surface area contributed by atoms with Crippen LogP contribution in [0.25, 0.3) is 0 Å². The Balaban J connectivity index is 2.06. The van der Waals surface area contributed by atoms with E-state index in [4.69, 9.17) is 21.3 Å². The fourth-order valence-electron chi connectivity index (χ4n) is 2.17. The van der Waals surface area contributed by atoms with Gasteiger partial charge in [-0.3, -0.25) is 4.79 Å². The summed E-state index contributed by atoms with van der Waals surface area (Å²) in [7, 11) is 1.50. The number of hydrogen-bond donors (Lipinski definition) is 4. The van der Waals surface area contributed by atoms with E-state index in [0.29, 0.717) is 10.0 Å². The van der Waals surface area contributed by atoms with Crippen molar-refractivity contribution in [1.29, 1.82) is 0 Å². The minimum absolute atomic E-state index is 0.132. The molecule has 1 aliphatic heterocycles. The number of nitrogens with two attached hydrogens (primary N) is 2. The third-order valence-electron chi connectivity index (χ3n) is 3.27. The van der Waals surface area contributed by atoms with Gasteiger partial charge < -0.3 is 31.5 Å². The van der Waals surface area contributed by atoms with Crippen molar-refractivity contribution in [1.82, 2.24) is 10.3 Å². The van der Waals surface area contributed by atoms with Gasteiger partial charge in [0.2, 0.25) is 0 Å². The number of carbonyl (C=O) groups excluding carboxylic acids is 1. The van der Waals surface area contributed by atoms with Crippen molar-refractivity contribution in [3.8, 4) is 0 Å². The number of nitrogens with one attached hydrogen (secondary N) is 1. The first-order chi connectivity index (χ1) is 10.0. The lowest BCUT2D eigenvalue weighted by molar-refractivity contribution is 0.0844. The molecule has 0 spiro atoms. The Morgan fingerprint density at radius 2 is 2.48 bits per heavy atom. The lowest BCUT2D eigenvalue weighted by Gasteiger charge is -2.14. The fourth-order valence-corrected chi connectivity index (χ4v) is 3.09. The van der Waals surface area contributed by atoms with Gasteiger partial charge in [-0.2, -0.15) is 0 Å². The van der Waals surface area contributed by atoms with Crippen molar-refractivity contribution in [2.24, 2.45) is 5.73 Å². The molecule has 0 saturated carbocycles. The van der Waals surface area contributed by atoms with Crippen LogP contribution in [0.1, 0.15) is 16.1 Å². The first-order valence-corrected chi connectivity index (χ1v) is 7.54. The summed E-state index contributed by atoms with van der Waals surface area (Å²) >= 11 is 1.24. The Morgan fingerprint density at radius 1 is 1.71 bits per heavy atom. The molecule has 2 unspecified atom stereocenters. The highest BCUT2D eigenvalue weighted by Gasteiger charge is 2.25. The number of nitrogen functional groups attached to an aromatic ring is 1. The Hall–Kier alpha value is -1.42. The minimum Gasteiger partial charge on any atom is -0.394 e. The SMILES string of the molecule is COCC(CO)NC(=O)c1sc(N2CCC(N)C2)nc1N. The molecule has 2 rings (SSSR count). The van der Waals surface area contributed by atoms with Crippen molar-refractivity contribution < 1.29 is 14.6 Å². The lowest BCUT2D eigenvalue weighted by Crippen LogP contribution is -2.40. The molecule has 1 aromatic rings. The van der Waals surface area contributed by atoms with Crippen molar-refractivity contribution in [2.45, 2.75) is 18.5 Å². The number of rotatable bonds is 6. The number of hydrogen-bond acceptors (Lipinski definition) is 8. The third-order valence-corrected chi connectivity index (χ3v) is 4.40. The average Bonchev–Trinajstić information content (AvgIpc) is 3.04. The second-order valence-electron chi connectivity index (χ2n) is 5.01. The van der Waals surface area contributed by atoms with Crippen LogP contribution in [0.4, 0.5) is 10.9 Å². The molecule has 2 heterocycles. The van der Waals surface area contributed by atoms with Crippen LogP contribution in [0.15, 0.2) is 0 Å². The molecule has 21 heavy (non-hydrogen) atoms. The lowest BCUT2D eigenvalue weighted by atomic mass is 10.3. The van der Waals surface area contributed by atoms with Crippen LogP contribution in [-0.4, -0.2) is 61.5 Å². The summed E-state index contributed by atoms with van der Waals surface area (Å²) in [6.07, 6.45) is 0.904. The number of amides is 1. The Morgan fingerprint density at radius 3 is 3.05 bits per heavy atom. The van der Waals surface area contributed by atoms with E-state index < -0.39 is 6.04 Å². The first kappa shape index (κ1) is 16.0. The van der Waals surface area contributed by atoms with Crippen molar-refractivity contribution >= 4 is 28.2 Å². The van der Waals surface area contributed by atoms with Crippen molar-refractivity contribution in [3.63, 3.8) is 0 Å². The molecule has 0 aromatic carbocycles. The summed E-state index contributed by atoms with van der Waals surface area (Å²) in [6.45, 7) is 1.57. The van der Waals surface area contributed by atoms with Crippen LogP contribution in [0.5, 0.6) is 0 Å². The van der Waals surface area contributed by atoms with Crippen LogP contribution in [0.3, 0.4) is 0 Å². The predicted octanol–water partition coefficient (Wildman–Crippen LogP) is -1.00. The molecule has 1 amide bonds. The van der Waals surface area contributed by atoms with E-state index >= 15 is 0 Å². The smallest absolute Gasteiger partial charge is 0.265 e. The summed E-state index contributed by atoms with van der Waals surface area (Å²) in [5.74, 6) is -0.155. The van der Waals surface area contributed by atoms with Crippen LogP contribution in [0.2, 0.25) is 0 Å². The molecule has 1 aliphatic rings. The Bertz CT molecular complexity index is 495. The van der Waals surface area contributed by atoms with Crippen LogP contribution in [0, 0.1) is 0 Å². The zero-order valence-corrected chi connectivity index (χ0v) is 12.7. The molecule has 118 valence electrons. The Labute approximate surface area is 127 Å². The minimum atomic E-state index is -0.465. The van der Waals surface area contributed by atoms with Gasteiger partial charge in [0.05, 0.1) is 19.3 Å². The largest absolute Gasteiger partial charge is 0.394 e. The van der Waals surface area contributed by atoms with Gasteiger partial charge in [-0.1, -0.05) is 11.3 Å². The number of aromatic nitrogens is 1. The molecule has 0 aliphatic carbocycles. The number of carbonyl (C=O) groups is 1. The molecule has 1 fully saturated rings. The van der Waals surface area contributed by atoms with Gasteiger partial charge in [-0.05, 0) is 6.42 Å². The number of aliphatic hydroxyl groups excluding tert-OH is 1. The van der Waals surface area contributed by atoms with Gasteiger partial charge in [0.25, 0.3) is 5.91 Å². The number of ether oxygens (including phenoxy) is 1. The van der Waals surface area contributed by atoms with Crippen molar-refractivity contribution in [3.05, 3.63) is 4.88 Å². The maximum atomic E-state index is 12.2. The first-order valence-electron chi connectivity index (χ1n) is 6.72. The molecule has 2 atom stereocenters. The van der Waals surface area contributed by atoms with E-state index in [2.05, 4.69) is 10.3 Å². The van der Waals surface area contributed by atoms with E-state index in [1.807, 2.05) is 4.90 Å². The standard InChI is InChI=1S/C12H21N5O3S/c1-20-6-8(5-18)15-11(19)9-10(14)16-12(21-9)17-3-2-7(13)4-17/h7-8,18H,2-6,13-14H2,1H3,(H,15,19). The van der Waals surface area contributed by atoms with E-state index in [-0.39, 0.29) is 31.0 Å². The maximum absolute atomic E-state index is 12.2. The van der Waals surface area contributed by atoms with E-state index in [9.17, 15) is 4.79 Å². The summed E-state index contributed by atoms with van der Waals surface area (Å²) in [6, 6.07) is -0.333. The maximum Gasteiger partial charge on any atom is 0.265 e. The molecule has 8 nitrogen and oxygen atoms in total. The Kier molecular flexibility index (Phi) is 5.34. The summed E-state index contributed by atoms with van der Waals surface area (Å²) in [4.78, 5) is 18.8. The summed E-state index contributed by atoms with van der Waals surface area (Å²) < 4.78 is 4.92. The molecule has 6 N–H and O–H groups in total. The molecule has 1 saturated heterocycles. The normalized spacial score (nSPS) is 19.8. The summed E-state index contributed by atoms with van der Waals surface area (Å²) in [5, 5.41) is 12.5. The van der Waals surface area contributed by atoms with Gasteiger partial charge in [-0.25, -0.2) is 4.98 Å². The molecule has 9 heteroatoms. The van der Waals surface area contributed by atoms with Gasteiger partial charge in [0.1, 0.15) is 10.7 Å². The van der Waals surface area contributed by atoms with Gasteiger partial charge >= 0.3 is 0 Å². The van der Waals surface area contributed by atoms with Gasteiger partial charge in [0, 0.05) is 26.2 Å². The van der Waals surface area contributed by atoms with Gasteiger partial charge in [0.15, 0.2) is 5.13 Å². The van der Waals surface area contributed by atoms with E-state index in [1.165, 1.54) is 18.4 Å². The second-order valence-corrected chi connectivity index (χ2v) is 5.99. The number of anilines is 2. The number of methoxy groups -OCH3 is 1. The highest BCUT2D eigenvalue weighted by molar-refractivity contribution is 7.18. The molecular weight excluding hydrogens is 294 g/mol. The topological polar surface area (TPSA) is 127 Å². The predicted molar refractivity (Wildman–Crippen MR) is 81.5 cm³/mol. The molecular formula is C12H21N5O3S. The van der Waals surface area contributed by atoms with E-state index in [1.54, 1.807) is 0 Å². The highest BCUT2D eigenvalue weighted by atomic mass is 32.1. The molecule has 1 aromatic heterocycles. The third kappa shape index (κ3) is 3.82. The second kappa shape index (κ2) is 7.03. The average molecular weight is 315 g/mol. The monoisotopic (exact) mass is 315 g/mol. The summed E-state index contributed by atoms with van der Waals surface area (Å²) in [5.41, 5.74) is 11.7. The highest BCUT2D eigenvalue weighted by Crippen LogP contribution is 2.30. The van der Waals surface area contributed by atoms with Crippen LogP contribution >= 0.6 is 11.3 Å². The molecule has 0 bridgehead atoms. The zero-order valence-electron chi connectivity index (χ0n) is 11.9.